The first-order valence-electron chi connectivity index (χ1n) is 9.36. The predicted octanol–water partition coefficient (Wildman–Crippen LogP) is 4.43. The second-order valence-electron chi connectivity index (χ2n) is 6.53. The summed E-state index contributed by atoms with van der Waals surface area (Å²) in [6, 6.07) is 23.1. The van der Waals surface area contributed by atoms with Crippen molar-refractivity contribution >= 4 is 5.91 Å². The number of ether oxygens (including phenoxy) is 3. The van der Waals surface area contributed by atoms with Gasteiger partial charge in [0.25, 0.3) is 5.91 Å². The first-order chi connectivity index (χ1) is 14.2. The highest BCUT2D eigenvalue weighted by molar-refractivity contribution is 5.98. The van der Waals surface area contributed by atoms with Crippen molar-refractivity contribution in [1.82, 2.24) is 5.32 Å². The van der Waals surface area contributed by atoms with Gasteiger partial charge in [-0.05, 0) is 17.5 Å². The third-order valence-corrected chi connectivity index (χ3v) is 4.74. The van der Waals surface area contributed by atoms with Crippen molar-refractivity contribution < 1.29 is 19.0 Å². The Morgan fingerprint density at radius 3 is 1.93 bits per heavy atom. The van der Waals surface area contributed by atoms with Crippen molar-refractivity contribution in [2.75, 3.05) is 21.3 Å². The van der Waals surface area contributed by atoms with Crippen LogP contribution in [0.4, 0.5) is 0 Å². The van der Waals surface area contributed by atoms with Crippen LogP contribution in [0, 0.1) is 0 Å². The summed E-state index contributed by atoms with van der Waals surface area (Å²) in [5, 5.41) is 3.15. The van der Waals surface area contributed by atoms with E-state index in [0.717, 1.165) is 11.1 Å². The largest absolute Gasteiger partial charge is 0.496 e. The topological polar surface area (TPSA) is 56.8 Å². The molecule has 1 amide bonds. The predicted molar refractivity (Wildman–Crippen MR) is 113 cm³/mol. The lowest BCUT2D eigenvalue weighted by Crippen LogP contribution is -2.30. The second-order valence-corrected chi connectivity index (χ2v) is 6.53. The van der Waals surface area contributed by atoms with Gasteiger partial charge in [-0.1, -0.05) is 60.7 Å². The number of rotatable bonds is 8. The third-order valence-electron chi connectivity index (χ3n) is 4.74. The molecular weight excluding hydrogens is 366 g/mol. The molecule has 0 fully saturated rings. The van der Waals surface area contributed by atoms with Gasteiger partial charge in [0, 0.05) is 12.1 Å². The molecule has 0 aliphatic carbocycles. The number of carbonyl (C=O) groups is 1. The molecule has 0 radical (unpaired) electrons. The lowest BCUT2D eigenvalue weighted by molar-refractivity contribution is 0.0933. The first kappa shape index (κ1) is 20.3. The molecule has 0 spiro atoms. The van der Waals surface area contributed by atoms with Crippen molar-refractivity contribution in [3.63, 3.8) is 0 Å². The van der Waals surface area contributed by atoms with Crippen molar-refractivity contribution in [1.29, 1.82) is 0 Å². The van der Waals surface area contributed by atoms with E-state index in [1.807, 2.05) is 48.5 Å². The van der Waals surface area contributed by atoms with E-state index in [4.69, 9.17) is 14.2 Å². The Morgan fingerprint density at radius 1 is 0.793 bits per heavy atom. The standard InChI is InChI=1S/C24H25NO4/c1-27-21-16-23(29-3)22(28-2)15-19(21)24(26)25-20(18-12-8-5-9-13-18)14-17-10-6-4-7-11-17/h4-13,15-16,20H,14H2,1-3H3,(H,25,26). The van der Waals surface area contributed by atoms with Gasteiger partial charge in [0.1, 0.15) is 5.75 Å². The Balaban J connectivity index is 1.92. The Bertz CT molecular complexity index is 942. The summed E-state index contributed by atoms with van der Waals surface area (Å²) in [4.78, 5) is 13.2. The van der Waals surface area contributed by atoms with Crippen LogP contribution < -0.4 is 19.5 Å². The van der Waals surface area contributed by atoms with Crippen LogP contribution in [0.5, 0.6) is 17.2 Å². The molecule has 1 atom stereocenters. The SMILES string of the molecule is COc1cc(OC)c(C(=O)NC(Cc2ccccc2)c2ccccc2)cc1OC. The number of methoxy groups -OCH3 is 3. The van der Waals surface area contributed by atoms with Gasteiger partial charge in [-0.3, -0.25) is 4.79 Å². The molecule has 0 bridgehead atoms. The fourth-order valence-corrected chi connectivity index (χ4v) is 3.23. The Kier molecular flexibility index (Phi) is 6.74. The highest BCUT2D eigenvalue weighted by atomic mass is 16.5. The fourth-order valence-electron chi connectivity index (χ4n) is 3.23. The minimum absolute atomic E-state index is 0.191. The summed E-state index contributed by atoms with van der Waals surface area (Å²) < 4.78 is 16.1. The smallest absolute Gasteiger partial charge is 0.255 e. The second kappa shape index (κ2) is 9.64. The van der Waals surface area contributed by atoms with Crippen LogP contribution in [0.15, 0.2) is 72.8 Å². The van der Waals surface area contributed by atoms with Crippen LogP contribution >= 0.6 is 0 Å². The highest BCUT2D eigenvalue weighted by Crippen LogP contribution is 2.35. The monoisotopic (exact) mass is 391 g/mol. The molecule has 3 aromatic rings. The molecular formula is C24H25NO4. The molecule has 0 aromatic heterocycles. The van der Waals surface area contributed by atoms with Gasteiger partial charge in [0.05, 0.1) is 32.9 Å². The number of hydrogen-bond acceptors (Lipinski definition) is 4. The van der Waals surface area contributed by atoms with E-state index in [-0.39, 0.29) is 11.9 Å². The zero-order valence-corrected chi connectivity index (χ0v) is 16.8. The van der Waals surface area contributed by atoms with Crippen molar-refractivity contribution in [2.24, 2.45) is 0 Å². The molecule has 5 nitrogen and oxygen atoms in total. The lowest BCUT2D eigenvalue weighted by Gasteiger charge is -2.21. The van der Waals surface area contributed by atoms with E-state index in [9.17, 15) is 4.79 Å². The minimum atomic E-state index is -0.243. The maximum absolute atomic E-state index is 13.2. The van der Waals surface area contributed by atoms with Crippen molar-refractivity contribution in [2.45, 2.75) is 12.5 Å². The summed E-state index contributed by atoms with van der Waals surface area (Å²) >= 11 is 0. The molecule has 0 saturated heterocycles. The fraction of sp³-hybridized carbons (Fsp3) is 0.208. The van der Waals surface area contributed by atoms with Crippen LogP contribution in [0.3, 0.4) is 0 Å². The van der Waals surface area contributed by atoms with Gasteiger partial charge >= 0.3 is 0 Å². The summed E-state index contributed by atoms with van der Waals surface area (Å²) in [6.45, 7) is 0. The van der Waals surface area contributed by atoms with Gasteiger partial charge in [-0.25, -0.2) is 0 Å². The van der Waals surface area contributed by atoms with E-state index in [2.05, 4.69) is 17.4 Å². The quantitative estimate of drug-likeness (QED) is 0.617. The minimum Gasteiger partial charge on any atom is -0.496 e. The summed E-state index contributed by atoms with van der Waals surface area (Å²) in [6.07, 6.45) is 0.673. The summed E-state index contributed by atoms with van der Waals surface area (Å²) in [7, 11) is 4.60. The van der Waals surface area contributed by atoms with E-state index in [0.29, 0.717) is 29.2 Å². The van der Waals surface area contributed by atoms with E-state index in [1.54, 1.807) is 19.2 Å². The highest BCUT2D eigenvalue weighted by Gasteiger charge is 2.21. The van der Waals surface area contributed by atoms with Crippen molar-refractivity contribution in [3.05, 3.63) is 89.5 Å². The van der Waals surface area contributed by atoms with E-state index in [1.165, 1.54) is 14.2 Å². The zero-order valence-electron chi connectivity index (χ0n) is 16.8. The van der Waals surface area contributed by atoms with Crippen LogP contribution in [-0.4, -0.2) is 27.2 Å². The summed E-state index contributed by atoms with van der Waals surface area (Å²) in [5.41, 5.74) is 2.56. The molecule has 29 heavy (non-hydrogen) atoms. The van der Waals surface area contributed by atoms with Gasteiger partial charge < -0.3 is 19.5 Å². The number of amides is 1. The number of nitrogens with one attached hydrogen (secondary N) is 1. The van der Waals surface area contributed by atoms with Crippen LogP contribution in [0.1, 0.15) is 27.5 Å². The molecule has 0 saturated carbocycles. The third kappa shape index (κ3) is 4.88. The van der Waals surface area contributed by atoms with Gasteiger partial charge in [-0.2, -0.15) is 0 Å². The summed E-state index contributed by atoms with van der Waals surface area (Å²) in [5.74, 6) is 1.15. The number of hydrogen-bond donors (Lipinski definition) is 1. The van der Waals surface area contributed by atoms with E-state index < -0.39 is 0 Å². The number of benzene rings is 3. The van der Waals surface area contributed by atoms with Crippen LogP contribution in [0.2, 0.25) is 0 Å². The molecule has 1 N–H and O–H groups in total. The zero-order chi connectivity index (χ0) is 20.6. The average molecular weight is 391 g/mol. The first-order valence-corrected chi connectivity index (χ1v) is 9.36. The van der Waals surface area contributed by atoms with Crippen LogP contribution in [-0.2, 0) is 6.42 Å². The van der Waals surface area contributed by atoms with Gasteiger partial charge in [0.2, 0.25) is 0 Å². The number of carbonyl (C=O) groups excluding carboxylic acids is 1. The normalized spacial score (nSPS) is 11.4. The maximum atomic E-state index is 13.2. The molecule has 3 aromatic carbocycles. The van der Waals surface area contributed by atoms with Crippen LogP contribution in [0.25, 0.3) is 0 Å². The molecule has 0 aliphatic heterocycles. The molecule has 5 heteroatoms. The Labute approximate surface area is 171 Å². The maximum Gasteiger partial charge on any atom is 0.255 e. The Hall–Kier alpha value is -3.47. The molecule has 150 valence electrons. The average Bonchev–Trinajstić information content (AvgIpc) is 2.78. The molecule has 1 unspecified atom stereocenters. The van der Waals surface area contributed by atoms with E-state index >= 15 is 0 Å². The van der Waals surface area contributed by atoms with Crippen molar-refractivity contribution in [3.8, 4) is 17.2 Å². The molecule has 0 heterocycles. The van der Waals surface area contributed by atoms with Gasteiger partial charge in [-0.15, -0.1) is 0 Å². The lowest BCUT2D eigenvalue weighted by atomic mass is 9.98. The molecule has 0 aliphatic rings. The Morgan fingerprint density at radius 2 is 1.34 bits per heavy atom. The van der Waals surface area contributed by atoms with Gasteiger partial charge in [0.15, 0.2) is 11.5 Å². The molecule has 3 rings (SSSR count).